The molecule has 0 unspecified atom stereocenters. The van der Waals surface area contributed by atoms with E-state index in [0.29, 0.717) is 18.1 Å². The number of hydrogen-bond donors (Lipinski definition) is 0. The highest BCUT2D eigenvalue weighted by Gasteiger charge is 2.41. The van der Waals surface area contributed by atoms with Crippen molar-refractivity contribution in [2.45, 2.75) is 25.4 Å². The van der Waals surface area contributed by atoms with Crippen molar-refractivity contribution in [1.29, 1.82) is 0 Å². The van der Waals surface area contributed by atoms with Crippen molar-refractivity contribution in [3.63, 3.8) is 0 Å². The Bertz CT molecular complexity index is 1580. The first-order valence-electron chi connectivity index (χ1n) is 13.2. The molecule has 0 spiro atoms. The van der Waals surface area contributed by atoms with Crippen molar-refractivity contribution in [2.24, 2.45) is 0 Å². The quantitative estimate of drug-likeness (QED) is 0.0901. The van der Waals surface area contributed by atoms with Crippen LogP contribution in [0.2, 0.25) is 0 Å². The molecule has 1 fully saturated rings. The largest absolute Gasteiger partial charge is 0.492 e. The van der Waals surface area contributed by atoms with Gasteiger partial charge >= 0.3 is 12.1 Å². The smallest absolute Gasteiger partial charge is 0.491 e. The van der Waals surface area contributed by atoms with Crippen LogP contribution >= 0.6 is 0 Å². The number of carbonyl (C=O) groups is 1. The number of nitrogens with zero attached hydrogens (tertiary/aromatic N) is 1. The number of benzene rings is 4. The first-order valence-corrected chi connectivity index (χ1v) is 13.2. The summed E-state index contributed by atoms with van der Waals surface area (Å²) >= 11 is 0. The number of esters is 1. The predicted molar refractivity (Wildman–Crippen MR) is 143 cm³/mol. The molecule has 0 N–H and O–H groups in total. The summed E-state index contributed by atoms with van der Waals surface area (Å²) in [4.78, 5) is 13.6. The summed E-state index contributed by atoms with van der Waals surface area (Å²) in [6, 6.07) is 14.8. The summed E-state index contributed by atoms with van der Waals surface area (Å²) in [6.07, 6.45) is -1.60. The van der Waals surface area contributed by atoms with E-state index in [1.165, 1.54) is 43.5 Å². The van der Waals surface area contributed by atoms with E-state index < -0.39 is 29.6 Å². The molecule has 0 amide bonds. The van der Waals surface area contributed by atoms with Crippen molar-refractivity contribution >= 4 is 16.7 Å². The van der Waals surface area contributed by atoms with Crippen LogP contribution in [-0.2, 0) is 4.79 Å². The van der Waals surface area contributed by atoms with Gasteiger partial charge in [-0.15, -0.1) is 0 Å². The molecule has 5 rings (SSSR count). The maximum absolute atomic E-state index is 14.8. The molecule has 1 aliphatic rings. The summed E-state index contributed by atoms with van der Waals surface area (Å²) in [5.74, 6) is -6.34. The number of hydrogen-bond acceptors (Lipinski definition) is 5. The molecular formula is C31H25F6NO4. The molecule has 0 atom stereocenters. The molecule has 11 heteroatoms. The predicted octanol–water partition coefficient (Wildman–Crippen LogP) is 8.05. The number of carbonyl (C=O) groups excluding carboxylic acids is 1. The van der Waals surface area contributed by atoms with Gasteiger partial charge in [-0.3, -0.25) is 4.90 Å². The van der Waals surface area contributed by atoms with E-state index in [-0.39, 0.29) is 33.4 Å². The first kappa shape index (κ1) is 29.2. The molecule has 1 heterocycles. The van der Waals surface area contributed by atoms with E-state index in [9.17, 15) is 31.1 Å². The molecule has 4 aromatic rings. The number of rotatable bonds is 8. The Hall–Kier alpha value is -4.25. The molecule has 4 aromatic carbocycles. The zero-order valence-corrected chi connectivity index (χ0v) is 22.1. The lowest BCUT2D eigenvalue weighted by Gasteiger charge is -2.26. The molecule has 220 valence electrons. The third-order valence-corrected chi connectivity index (χ3v) is 6.88. The van der Waals surface area contributed by atoms with Gasteiger partial charge in [0.15, 0.2) is 17.5 Å². The van der Waals surface area contributed by atoms with Crippen LogP contribution in [-0.4, -0.2) is 43.3 Å². The molecule has 1 saturated heterocycles. The Balaban J connectivity index is 1.44. The van der Waals surface area contributed by atoms with Crippen LogP contribution in [0.1, 0.15) is 19.3 Å². The average Bonchev–Trinajstić information content (AvgIpc) is 2.97. The molecular weight excluding hydrogens is 564 g/mol. The number of alkyl halides is 3. The molecule has 42 heavy (non-hydrogen) atoms. The van der Waals surface area contributed by atoms with E-state index >= 15 is 0 Å². The highest BCUT2D eigenvalue weighted by atomic mass is 19.4. The van der Waals surface area contributed by atoms with Gasteiger partial charge in [0.05, 0.1) is 0 Å². The Morgan fingerprint density at radius 1 is 0.762 bits per heavy atom. The summed E-state index contributed by atoms with van der Waals surface area (Å²) in [5, 5.41) is 0.562. The fraction of sp³-hybridized carbons (Fsp3) is 0.258. The highest BCUT2D eigenvalue weighted by Crippen LogP contribution is 2.42. The standard InChI is InChI=1S/C31H25F6NO4/c32-26-13-12-24(27(33)28(26)34)25-10-4-19-18-22(42-30(39)31(35,36)37)9-11-23(19)29(25)41-21-7-5-20(6-8-21)40-17-16-38-14-2-1-3-15-38/h4-13,18H,1-3,14-17H2. The zero-order valence-electron chi connectivity index (χ0n) is 22.1. The second-order valence-corrected chi connectivity index (χ2v) is 9.76. The number of fused-ring (bicyclic) bond motifs is 1. The summed E-state index contributed by atoms with van der Waals surface area (Å²) < 4.78 is 97.0. The third kappa shape index (κ3) is 6.62. The average molecular weight is 590 g/mol. The Morgan fingerprint density at radius 2 is 1.43 bits per heavy atom. The lowest BCUT2D eigenvalue weighted by Crippen LogP contribution is -2.33. The maximum Gasteiger partial charge on any atom is 0.491 e. The highest BCUT2D eigenvalue weighted by molar-refractivity contribution is 5.96. The van der Waals surface area contributed by atoms with Crippen molar-refractivity contribution in [3.8, 4) is 34.1 Å². The van der Waals surface area contributed by atoms with Gasteiger partial charge in [0, 0.05) is 23.1 Å². The molecule has 5 nitrogen and oxygen atoms in total. The topological polar surface area (TPSA) is 48.0 Å². The van der Waals surface area contributed by atoms with Crippen molar-refractivity contribution in [1.82, 2.24) is 4.90 Å². The van der Waals surface area contributed by atoms with Gasteiger partial charge < -0.3 is 14.2 Å². The van der Waals surface area contributed by atoms with Gasteiger partial charge in [0.2, 0.25) is 0 Å². The van der Waals surface area contributed by atoms with E-state index in [1.54, 1.807) is 24.3 Å². The molecule has 0 aromatic heterocycles. The first-order chi connectivity index (χ1) is 20.1. The van der Waals surface area contributed by atoms with Crippen LogP contribution < -0.4 is 14.2 Å². The van der Waals surface area contributed by atoms with Crippen molar-refractivity contribution in [3.05, 3.63) is 84.2 Å². The normalized spacial score (nSPS) is 14.1. The summed E-state index contributed by atoms with van der Waals surface area (Å²) in [5.41, 5.74) is -0.239. The Labute approximate surface area is 237 Å². The van der Waals surface area contributed by atoms with Crippen LogP contribution in [0.3, 0.4) is 0 Å². The number of piperidine rings is 1. The van der Waals surface area contributed by atoms with Crippen LogP contribution in [0.25, 0.3) is 21.9 Å². The molecule has 0 bridgehead atoms. The fourth-order valence-corrected chi connectivity index (χ4v) is 4.76. The molecule has 0 saturated carbocycles. The number of halogens is 6. The van der Waals surface area contributed by atoms with Crippen LogP contribution in [0.15, 0.2) is 66.7 Å². The van der Waals surface area contributed by atoms with Crippen LogP contribution in [0, 0.1) is 17.5 Å². The summed E-state index contributed by atoms with van der Waals surface area (Å²) in [6.45, 7) is 3.41. The third-order valence-electron chi connectivity index (χ3n) is 6.88. The van der Waals surface area contributed by atoms with Gasteiger partial charge in [-0.1, -0.05) is 12.5 Å². The number of ether oxygens (including phenoxy) is 3. The second kappa shape index (κ2) is 12.3. The monoisotopic (exact) mass is 589 g/mol. The van der Waals surface area contributed by atoms with Gasteiger partial charge in [0.25, 0.3) is 0 Å². The van der Waals surface area contributed by atoms with E-state index in [4.69, 9.17) is 9.47 Å². The van der Waals surface area contributed by atoms with Crippen LogP contribution in [0.4, 0.5) is 26.3 Å². The van der Waals surface area contributed by atoms with E-state index in [0.717, 1.165) is 37.8 Å². The van der Waals surface area contributed by atoms with Crippen molar-refractivity contribution in [2.75, 3.05) is 26.2 Å². The second-order valence-electron chi connectivity index (χ2n) is 9.76. The minimum absolute atomic E-state index is 0.0184. The molecule has 1 aliphatic heterocycles. The lowest BCUT2D eigenvalue weighted by molar-refractivity contribution is -0.189. The van der Waals surface area contributed by atoms with Gasteiger partial charge in [-0.2, -0.15) is 13.2 Å². The van der Waals surface area contributed by atoms with Gasteiger partial charge in [0.1, 0.15) is 29.6 Å². The minimum atomic E-state index is -5.19. The molecule has 0 radical (unpaired) electrons. The van der Waals surface area contributed by atoms with E-state index in [2.05, 4.69) is 9.64 Å². The Morgan fingerprint density at radius 3 is 2.14 bits per heavy atom. The maximum atomic E-state index is 14.8. The van der Waals surface area contributed by atoms with E-state index in [1.807, 2.05) is 0 Å². The molecule has 0 aliphatic carbocycles. The van der Waals surface area contributed by atoms with Gasteiger partial charge in [-0.25, -0.2) is 18.0 Å². The summed E-state index contributed by atoms with van der Waals surface area (Å²) in [7, 11) is 0. The minimum Gasteiger partial charge on any atom is -0.492 e. The number of likely N-dealkylation sites (tertiary alicyclic amines) is 1. The fourth-order valence-electron chi connectivity index (χ4n) is 4.76. The van der Waals surface area contributed by atoms with Crippen LogP contribution in [0.5, 0.6) is 23.0 Å². The SMILES string of the molecule is O=C(Oc1ccc2c(Oc3ccc(OCCN4CCCCC4)cc3)c(-c3ccc(F)c(F)c3F)ccc2c1)C(F)(F)F. The lowest BCUT2D eigenvalue weighted by atomic mass is 9.98. The Kier molecular flexibility index (Phi) is 8.58. The van der Waals surface area contributed by atoms with Gasteiger partial charge in [-0.05, 0) is 92.0 Å². The van der Waals surface area contributed by atoms with Crippen molar-refractivity contribution < 1.29 is 45.3 Å². The zero-order chi connectivity index (χ0) is 29.9.